The van der Waals surface area contributed by atoms with Gasteiger partial charge in [-0.3, -0.25) is 4.79 Å². The molecule has 19 heavy (non-hydrogen) atoms. The first-order valence-electron chi connectivity index (χ1n) is 5.68. The topological polar surface area (TPSA) is 34.9 Å². The molecule has 1 aromatic carbocycles. The summed E-state index contributed by atoms with van der Waals surface area (Å²) in [6.45, 7) is 3.68. The van der Waals surface area contributed by atoms with Gasteiger partial charge >= 0.3 is 0 Å². The van der Waals surface area contributed by atoms with Gasteiger partial charge < -0.3 is 0 Å². The van der Waals surface area contributed by atoms with E-state index in [9.17, 15) is 4.79 Å². The SMILES string of the molecule is Cc1cc(C)n(C(=O)/C=C/c2ccc(Cl)c(Cl)c2)n1. The van der Waals surface area contributed by atoms with Crippen LogP contribution in [0.5, 0.6) is 0 Å². The molecular formula is C14H12Cl2N2O. The Bertz CT molecular complexity index is 659. The lowest BCUT2D eigenvalue weighted by Crippen LogP contribution is -2.10. The van der Waals surface area contributed by atoms with E-state index in [4.69, 9.17) is 23.2 Å². The number of rotatable bonds is 2. The molecule has 0 fully saturated rings. The Morgan fingerprint density at radius 1 is 1.21 bits per heavy atom. The van der Waals surface area contributed by atoms with Crippen LogP contribution < -0.4 is 0 Å². The molecule has 0 saturated carbocycles. The van der Waals surface area contributed by atoms with Crippen molar-refractivity contribution in [2.45, 2.75) is 13.8 Å². The fourth-order valence-corrected chi connectivity index (χ4v) is 2.01. The standard InChI is InChI=1S/C14H12Cl2N2O/c1-9-7-10(2)18(17-9)14(19)6-4-11-3-5-12(15)13(16)8-11/h3-8H,1-2H3/b6-4+. The zero-order valence-electron chi connectivity index (χ0n) is 10.5. The molecule has 2 aromatic rings. The molecule has 0 saturated heterocycles. The van der Waals surface area contributed by atoms with Gasteiger partial charge in [0.25, 0.3) is 5.91 Å². The van der Waals surface area contributed by atoms with Gasteiger partial charge in [-0.15, -0.1) is 0 Å². The minimum Gasteiger partial charge on any atom is -0.267 e. The molecule has 0 bridgehead atoms. The van der Waals surface area contributed by atoms with Crippen molar-refractivity contribution in [3.05, 3.63) is 57.3 Å². The largest absolute Gasteiger partial charge is 0.271 e. The number of allylic oxidation sites excluding steroid dienone is 1. The molecule has 0 radical (unpaired) electrons. The van der Waals surface area contributed by atoms with Crippen LogP contribution in [0.15, 0.2) is 30.3 Å². The van der Waals surface area contributed by atoms with Crippen LogP contribution in [-0.4, -0.2) is 15.7 Å². The van der Waals surface area contributed by atoms with Gasteiger partial charge in [-0.2, -0.15) is 5.10 Å². The molecule has 0 unspecified atom stereocenters. The van der Waals surface area contributed by atoms with Gasteiger partial charge in [0.05, 0.1) is 15.7 Å². The van der Waals surface area contributed by atoms with Gasteiger partial charge in [0.2, 0.25) is 0 Å². The monoisotopic (exact) mass is 294 g/mol. The molecule has 0 aliphatic rings. The molecule has 0 spiro atoms. The van der Waals surface area contributed by atoms with E-state index in [1.165, 1.54) is 10.8 Å². The lowest BCUT2D eigenvalue weighted by atomic mass is 10.2. The number of hydrogen-bond donors (Lipinski definition) is 0. The Morgan fingerprint density at radius 3 is 2.53 bits per heavy atom. The van der Waals surface area contributed by atoms with E-state index < -0.39 is 0 Å². The van der Waals surface area contributed by atoms with Crippen LogP contribution in [0, 0.1) is 13.8 Å². The van der Waals surface area contributed by atoms with Gasteiger partial charge in [-0.25, -0.2) is 4.68 Å². The van der Waals surface area contributed by atoms with Crippen molar-refractivity contribution in [1.82, 2.24) is 9.78 Å². The normalized spacial score (nSPS) is 11.2. The van der Waals surface area contributed by atoms with E-state index in [1.54, 1.807) is 24.3 Å². The van der Waals surface area contributed by atoms with Gasteiger partial charge in [0, 0.05) is 11.8 Å². The fourth-order valence-electron chi connectivity index (χ4n) is 1.71. The number of hydrogen-bond acceptors (Lipinski definition) is 2. The predicted octanol–water partition coefficient (Wildman–Crippen LogP) is 4.16. The van der Waals surface area contributed by atoms with E-state index in [2.05, 4.69) is 5.10 Å². The van der Waals surface area contributed by atoms with Crippen molar-refractivity contribution in [1.29, 1.82) is 0 Å². The number of carbonyl (C=O) groups excluding carboxylic acids is 1. The number of carbonyl (C=O) groups is 1. The highest BCUT2D eigenvalue weighted by atomic mass is 35.5. The number of nitrogens with zero attached hydrogens (tertiary/aromatic N) is 2. The average Bonchev–Trinajstić information content (AvgIpc) is 2.70. The summed E-state index contributed by atoms with van der Waals surface area (Å²) in [4.78, 5) is 12.0. The molecule has 2 rings (SSSR count). The van der Waals surface area contributed by atoms with Crippen molar-refractivity contribution < 1.29 is 4.79 Å². The zero-order valence-corrected chi connectivity index (χ0v) is 12.0. The van der Waals surface area contributed by atoms with E-state index in [1.807, 2.05) is 19.9 Å². The number of benzene rings is 1. The molecular weight excluding hydrogens is 283 g/mol. The van der Waals surface area contributed by atoms with Gasteiger partial charge in [-0.05, 0) is 43.7 Å². The maximum absolute atomic E-state index is 12.0. The summed E-state index contributed by atoms with van der Waals surface area (Å²) in [5, 5.41) is 5.07. The predicted molar refractivity (Wildman–Crippen MR) is 77.8 cm³/mol. The highest BCUT2D eigenvalue weighted by Crippen LogP contribution is 2.23. The highest BCUT2D eigenvalue weighted by Gasteiger charge is 2.06. The Hall–Kier alpha value is -1.58. The molecule has 0 amide bonds. The van der Waals surface area contributed by atoms with Gasteiger partial charge in [0.1, 0.15) is 0 Å². The second-order valence-electron chi connectivity index (χ2n) is 4.18. The summed E-state index contributed by atoms with van der Waals surface area (Å²) in [6, 6.07) is 7.04. The maximum Gasteiger partial charge on any atom is 0.271 e. The summed E-state index contributed by atoms with van der Waals surface area (Å²) in [5.41, 5.74) is 2.43. The number of halogens is 2. The Labute approximate surface area is 121 Å². The molecule has 0 aliphatic carbocycles. The summed E-state index contributed by atoms with van der Waals surface area (Å²) in [7, 11) is 0. The van der Waals surface area contributed by atoms with Crippen molar-refractivity contribution in [3.63, 3.8) is 0 Å². The first-order valence-corrected chi connectivity index (χ1v) is 6.43. The van der Waals surface area contributed by atoms with Crippen LogP contribution in [0.3, 0.4) is 0 Å². The number of aromatic nitrogens is 2. The van der Waals surface area contributed by atoms with Crippen LogP contribution in [0.4, 0.5) is 0 Å². The molecule has 0 atom stereocenters. The number of aryl methyl sites for hydroxylation is 2. The third-order valence-electron chi connectivity index (χ3n) is 2.58. The molecule has 0 N–H and O–H groups in total. The van der Waals surface area contributed by atoms with E-state index in [0.717, 1.165) is 17.0 Å². The third-order valence-corrected chi connectivity index (χ3v) is 3.32. The molecule has 1 aromatic heterocycles. The molecule has 5 heteroatoms. The van der Waals surface area contributed by atoms with Crippen molar-refractivity contribution in [2.24, 2.45) is 0 Å². The Kier molecular flexibility index (Phi) is 4.08. The zero-order chi connectivity index (χ0) is 14.0. The van der Waals surface area contributed by atoms with Crippen molar-refractivity contribution in [3.8, 4) is 0 Å². The summed E-state index contributed by atoms with van der Waals surface area (Å²) in [6.07, 6.45) is 3.14. The van der Waals surface area contributed by atoms with Crippen LogP contribution in [0.2, 0.25) is 10.0 Å². The van der Waals surface area contributed by atoms with E-state index in [0.29, 0.717) is 10.0 Å². The molecule has 98 valence electrons. The van der Waals surface area contributed by atoms with Crippen molar-refractivity contribution in [2.75, 3.05) is 0 Å². The van der Waals surface area contributed by atoms with Crippen molar-refractivity contribution >= 4 is 35.2 Å². The second kappa shape index (κ2) is 5.59. The molecule has 3 nitrogen and oxygen atoms in total. The fraction of sp³-hybridized carbons (Fsp3) is 0.143. The van der Waals surface area contributed by atoms with Gasteiger partial charge in [0.15, 0.2) is 0 Å². The quantitative estimate of drug-likeness (QED) is 0.780. The first-order chi connectivity index (χ1) is 8.97. The lowest BCUT2D eigenvalue weighted by Gasteiger charge is -1.99. The van der Waals surface area contributed by atoms with E-state index in [-0.39, 0.29) is 5.91 Å². The second-order valence-corrected chi connectivity index (χ2v) is 5.00. The Morgan fingerprint density at radius 2 is 1.95 bits per heavy atom. The molecule has 0 aliphatic heterocycles. The van der Waals surface area contributed by atoms with Crippen LogP contribution >= 0.6 is 23.2 Å². The maximum atomic E-state index is 12.0. The highest BCUT2D eigenvalue weighted by molar-refractivity contribution is 6.42. The lowest BCUT2D eigenvalue weighted by molar-refractivity contribution is 0.0952. The van der Waals surface area contributed by atoms with Crippen LogP contribution in [-0.2, 0) is 0 Å². The minimum atomic E-state index is -0.198. The smallest absolute Gasteiger partial charge is 0.267 e. The van der Waals surface area contributed by atoms with Crippen LogP contribution in [0.25, 0.3) is 6.08 Å². The summed E-state index contributed by atoms with van der Waals surface area (Å²) in [5.74, 6) is -0.198. The third kappa shape index (κ3) is 3.25. The Balaban J connectivity index is 2.20. The van der Waals surface area contributed by atoms with Crippen LogP contribution in [0.1, 0.15) is 21.7 Å². The van der Waals surface area contributed by atoms with Gasteiger partial charge in [-0.1, -0.05) is 29.3 Å². The summed E-state index contributed by atoms with van der Waals surface area (Å²) < 4.78 is 1.36. The summed E-state index contributed by atoms with van der Waals surface area (Å²) >= 11 is 11.7. The average molecular weight is 295 g/mol. The molecule has 1 heterocycles. The first kappa shape index (κ1) is 13.8. The van der Waals surface area contributed by atoms with E-state index >= 15 is 0 Å². The minimum absolute atomic E-state index is 0.198.